The van der Waals surface area contributed by atoms with E-state index in [9.17, 15) is 39.0 Å². The van der Waals surface area contributed by atoms with Crippen molar-refractivity contribution in [1.82, 2.24) is 0 Å². The zero-order valence-corrected chi connectivity index (χ0v) is 26.0. The third-order valence-corrected chi connectivity index (χ3v) is 8.09. The molecule has 1 aliphatic carbocycles. The second-order valence-electron chi connectivity index (χ2n) is 10.6. The van der Waals surface area contributed by atoms with E-state index in [0.29, 0.717) is 11.5 Å². The van der Waals surface area contributed by atoms with Crippen LogP contribution in [0.3, 0.4) is 0 Å². The highest BCUT2D eigenvalue weighted by molar-refractivity contribution is 6.24. The molecule has 0 unspecified atom stereocenters. The molecule has 0 spiro atoms. The van der Waals surface area contributed by atoms with Gasteiger partial charge in [-0.25, -0.2) is 0 Å². The van der Waals surface area contributed by atoms with Gasteiger partial charge in [0.05, 0.1) is 75.7 Å². The number of esters is 2. The van der Waals surface area contributed by atoms with Crippen molar-refractivity contribution in [3.8, 4) is 11.5 Å². The molecule has 0 aliphatic heterocycles. The first-order valence-corrected chi connectivity index (χ1v) is 14.2. The third kappa shape index (κ3) is 5.79. The molecule has 14 heteroatoms. The third-order valence-electron chi connectivity index (χ3n) is 8.09. The monoisotopic (exact) mass is 660 g/mol. The maximum atomic E-state index is 13.9. The van der Waals surface area contributed by atoms with Gasteiger partial charge in [0.15, 0.2) is 22.4 Å². The van der Waals surface area contributed by atoms with Crippen molar-refractivity contribution in [2.24, 2.45) is 0 Å². The maximum Gasteiger partial charge on any atom is 0.306 e. The van der Waals surface area contributed by atoms with Gasteiger partial charge in [-0.15, -0.1) is 0 Å². The van der Waals surface area contributed by atoms with Crippen molar-refractivity contribution in [2.45, 2.75) is 24.7 Å². The topological polar surface area (TPSA) is 206 Å². The largest absolute Gasteiger partial charge is 0.504 e. The number of methoxy groups -OCH3 is 4. The number of benzene rings is 2. The highest BCUT2D eigenvalue weighted by Crippen LogP contribution is 2.40. The first-order valence-electron chi connectivity index (χ1n) is 14.2. The van der Waals surface area contributed by atoms with E-state index in [-0.39, 0.29) is 33.1 Å². The fraction of sp³-hybridized carbons (Fsp3) is 0.235. The number of carbonyl (C=O) groups excluding carboxylic acids is 4. The molecule has 2 heterocycles. The summed E-state index contributed by atoms with van der Waals surface area (Å²) >= 11 is 0. The lowest BCUT2D eigenvalue weighted by Gasteiger charge is -2.26. The van der Waals surface area contributed by atoms with E-state index in [1.165, 1.54) is 50.6 Å². The summed E-state index contributed by atoms with van der Waals surface area (Å²) in [7, 11) is 4.85. The summed E-state index contributed by atoms with van der Waals surface area (Å²) in [5.41, 5.74) is -3.47. The van der Waals surface area contributed by atoms with E-state index in [4.69, 9.17) is 27.8 Å². The number of hydrogen-bond donors (Lipinski definition) is 2. The molecule has 48 heavy (non-hydrogen) atoms. The van der Waals surface area contributed by atoms with Crippen LogP contribution in [0.4, 0.5) is 0 Å². The molecule has 0 saturated heterocycles. The summed E-state index contributed by atoms with van der Waals surface area (Å²) in [4.78, 5) is 80.2. The van der Waals surface area contributed by atoms with Crippen LogP contribution in [-0.4, -0.2) is 62.2 Å². The van der Waals surface area contributed by atoms with Gasteiger partial charge in [-0.2, -0.15) is 0 Å². The number of aliphatic hydroxyl groups excluding tert-OH is 2. The molecular weight excluding hydrogens is 632 g/mol. The lowest BCUT2D eigenvalue weighted by Crippen LogP contribution is -2.33. The summed E-state index contributed by atoms with van der Waals surface area (Å²) in [6, 6.07) is 8.72. The smallest absolute Gasteiger partial charge is 0.306 e. The zero-order valence-electron chi connectivity index (χ0n) is 26.0. The van der Waals surface area contributed by atoms with E-state index in [0.717, 1.165) is 26.7 Å². The van der Waals surface area contributed by atoms with E-state index < -0.39 is 81.7 Å². The number of carbonyl (C=O) groups is 4. The molecule has 4 aromatic rings. The van der Waals surface area contributed by atoms with Gasteiger partial charge in [-0.3, -0.25) is 28.8 Å². The van der Waals surface area contributed by atoms with Crippen molar-refractivity contribution in [2.75, 3.05) is 28.4 Å². The van der Waals surface area contributed by atoms with E-state index >= 15 is 0 Å². The zero-order chi connectivity index (χ0) is 34.9. The fourth-order valence-electron chi connectivity index (χ4n) is 5.58. The van der Waals surface area contributed by atoms with Gasteiger partial charge in [-0.1, -0.05) is 0 Å². The molecule has 0 saturated carbocycles. The van der Waals surface area contributed by atoms with Gasteiger partial charge in [0.25, 0.3) is 0 Å². The molecule has 0 fully saturated rings. The number of ketones is 2. The minimum Gasteiger partial charge on any atom is -0.504 e. The predicted molar refractivity (Wildman–Crippen MR) is 166 cm³/mol. The number of rotatable bonds is 10. The molecule has 248 valence electrons. The highest BCUT2D eigenvalue weighted by Gasteiger charge is 2.44. The average Bonchev–Trinajstić information content (AvgIpc) is 3.10. The van der Waals surface area contributed by atoms with Crippen LogP contribution in [-0.2, 0) is 28.7 Å². The normalized spacial score (nSPS) is 14.7. The van der Waals surface area contributed by atoms with Crippen LogP contribution in [0.2, 0.25) is 0 Å². The molecule has 2 aromatic heterocycles. The second kappa shape index (κ2) is 13.3. The van der Waals surface area contributed by atoms with Crippen LogP contribution in [0.1, 0.15) is 35.8 Å². The Labute approximate surface area is 270 Å². The van der Waals surface area contributed by atoms with Gasteiger partial charge in [-0.05, 0) is 36.4 Å². The minimum absolute atomic E-state index is 0.00496. The van der Waals surface area contributed by atoms with Gasteiger partial charge in [0.2, 0.25) is 11.6 Å². The number of ether oxygens (including phenoxy) is 4. The molecule has 0 bridgehead atoms. The Hall–Kier alpha value is -6.18. The van der Waals surface area contributed by atoms with Crippen molar-refractivity contribution in [3.05, 3.63) is 103 Å². The van der Waals surface area contributed by atoms with Crippen LogP contribution >= 0.6 is 0 Å². The van der Waals surface area contributed by atoms with Crippen molar-refractivity contribution >= 4 is 45.4 Å². The predicted octanol–water partition coefficient (Wildman–Crippen LogP) is 3.69. The maximum absolute atomic E-state index is 13.9. The summed E-state index contributed by atoms with van der Waals surface area (Å²) in [6.07, 6.45) is 0.459. The Bertz CT molecular complexity index is 2030. The van der Waals surface area contributed by atoms with E-state index in [1.54, 1.807) is 0 Å². The highest BCUT2D eigenvalue weighted by atomic mass is 16.5. The van der Waals surface area contributed by atoms with Crippen molar-refractivity contribution < 1.29 is 57.2 Å². The Morgan fingerprint density at radius 1 is 0.646 bits per heavy atom. The van der Waals surface area contributed by atoms with Crippen LogP contribution < -0.4 is 20.3 Å². The Balaban J connectivity index is 1.69. The number of Topliss-reactive ketones (excluding diaryl/α,β-unsaturated/α-hetero) is 2. The van der Waals surface area contributed by atoms with E-state index in [1.807, 2.05) is 0 Å². The lowest BCUT2D eigenvalue weighted by molar-refractivity contribution is -0.142. The summed E-state index contributed by atoms with van der Waals surface area (Å²) in [6.45, 7) is 0. The Morgan fingerprint density at radius 2 is 1.02 bits per heavy atom. The standard InChI is InChI=1S/C34H28O14/c1-43-15-5-7-23-19(9-15)29(37)21(13-47-23)17(11-25(35)45-3)27-31(39)33(41)28(34(42)32(27)40)18(12-26(36)46-4)22-14-48-24-8-6-16(44-2)10-20(24)30(22)38/h5-10,13-14,17-18,39,42H,11-12H2,1-4H3/t17-,18-/m0/s1. The van der Waals surface area contributed by atoms with Crippen molar-refractivity contribution in [1.29, 1.82) is 0 Å². The van der Waals surface area contributed by atoms with Gasteiger partial charge in [0.1, 0.15) is 22.7 Å². The molecule has 0 radical (unpaired) electrons. The molecule has 1 aliphatic rings. The molecular formula is C34H28O14. The molecule has 0 amide bonds. The fourth-order valence-corrected chi connectivity index (χ4v) is 5.58. The molecule has 2 N–H and O–H groups in total. The van der Waals surface area contributed by atoms with Crippen LogP contribution in [0.15, 0.2) is 90.0 Å². The first kappa shape index (κ1) is 33.2. The minimum atomic E-state index is -1.65. The quantitative estimate of drug-likeness (QED) is 0.184. The van der Waals surface area contributed by atoms with Crippen LogP contribution in [0, 0.1) is 0 Å². The van der Waals surface area contributed by atoms with Gasteiger partial charge >= 0.3 is 11.9 Å². The second-order valence-corrected chi connectivity index (χ2v) is 10.6. The lowest BCUT2D eigenvalue weighted by atomic mass is 9.76. The van der Waals surface area contributed by atoms with Crippen molar-refractivity contribution in [3.63, 3.8) is 0 Å². The molecule has 14 nitrogen and oxygen atoms in total. The summed E-state index contributed by atoms with van der Waals surface area (Å²) < 4.78 is 31.0. The molecule has 2 aromatic carbocycles. The summed E-state index contributed by atoms with van der Waals surface area (Å²) in [5.74, 6) is -9.79. The summed E-state index contributed by atoms with van der Waals surface area (Å²) in [5, 5.41) is 22.6. The Kier molecular flexibility index (Phi) is 9.18. The van der Waals surface area contributed by atoms with Gasteiger partial charge < -0.3 is 38.0 Å². The Morgan fingerprint density at radius 3 is 1.35 bits per heavy atom. The average molecular weight is 661 g/mol. The number of fused-ring (bicyclic) bond motifs is 2. The number of allylic oxidation sites excluding steroid dienone is 2. The van der Waals surface area contributed by atoms with Crippen LogP contribution in [0.5, 0.6) is 11.5 Å². The molecule has 5 rings (SSSR count). The first-order chi connectivity index (χ1) is 22.9. The van der Waals surface area contributed by atoms with Gasteiger partial charge in [0, 0.05) is 23.0 Å². The van der Waals surface area contributed by atoms with Crippen LogP contribution in [0.25, 0.3) is 21.9 Å². The number of aliphatic hydroxyl groups is 2. The SMILES string of the molecule is COC(=O)C[C@H](C1=C(O)C(=O)C([C@@H](CC(=O)OC)c2coc3ccc(OC)cc3c2=O)=C(O)C1=O)c1coc2ccc(OC)cc2c1=O. The number of hydrogen-bond acceptors (Lipinski definition) is 14. The molecule has 2 atom stereocenters. The van der Waals surface area contributed by atoms with E-state index in [2.05, 4.69) is 0 Å².